The van der Waals surface area contributed by atoms with E-state index >= 15 is 0 Å². The Morgan fingerprint density at radius 2 is 1.96 bits per heavy atom. The molecule has 28 heavy (non-hydrogen) atoms. The van der Waals surface area contributed by atoms with Gasteiger partial charge in [0.15, 0.2) is 0 Å². The SMILES string of the molecule is Cc1c(CCC(=O)O)ccc2c1nnn2CCCCOc1ccccc1CO. The maximum Gasteiger partial charge on any atom is 0.303 e. The van der Waals surface area contributed by atoms with Crippen molar-refractivity contribution in [2.75, 3.05) is 6.61 Å². The Bertz CT molecular complexity index is 952. The van der Waals surface area contributed by atoms with Crippen LogP contribution in [0.1, 0.15) is 36.0 Å². The average molecular weight is 383 g/mol. The first-order valence-corrected chi connectivity index (χ1v) is 9.45. The Morgan fingerprint density at radius 1 is 1.14 bits per heavy atom. The van der Waals surface area contributed by atoms with Crippen LogP contribution in [-0.2, 0) is 24.4 Å². The third kappa shape index (κ3) is 4.67. The fourth-order valence-corrected chi connectivity index (χ4v) is 3.21. The maximum absolute atomic E-state index is 10.8. The normalized spacial score (nSPS) is 11.1. The summed E-state index contributed by atoms with van der Waals surface area (Å²) in [5.41, 5.74) is 4.57. The number of hydrogen-bond acceptors (Lipinski definition) is 5. The lowest BCUT2D eigenvalue weighted by molar-refractivity contribution is -0.136. The van der Waals surface area contributed by atoms with Crippen LogP contribution in [0.25, 0.3) is 11.0 Å². The van der Waals surface area contributed by atoms with Gasteiger partial charge in [0, 0.05) is 18.5 Å². The van der Waals surface area contributed by atoms with Crippen LogP contribution in [0, 0.1) is 6.92 Å². The topological polar surface area (TPSA) is 97.5 Å². The number of ether oxygens (including phenoxy) is 1. The molecule has 3 aromatic rings. The number of carboxylic acids is 1. The van der Waals surface area contributed by atoms with E-state index in [9.17, 15) is 9.90 Å². The van der Waals surface area contributed by atoms with Crippen molar-refractivity contribution in [3.63, 3.8) is 0 Å². The van der Waals surface area contributed by atoms with E-state index in [2.05, 4.69) is 10.3 Å². The van der Waals surface area contributed by atoms with Crippen molar-refractivity contribution in [3.8, 4) is 5.75 Å². The van der Waals surface area contributed by atoms with Crippen LogP contribution >= 0.6 is 0 Å². The van der Waals surface area contributed by atoms with Crippen molar-refractivity contribution in [1.82, 2.24) is 15.0 Å². The lowest BCUT2D eigenvalue weighted by Gasteiger charge is -2.10. The molecule has 1 aromatic heterocycles. The number of aliphatic carboxylic acids is 1. The van der Waals surface area contributed by atoms with E-state index in [1.165, 1.54) is 0 Å². The number of fused-ring (bicyclic) bond motifs is 1. The predicted octanol–water partition coefficient (Wildman–Crippen LogP) is 3.11. The van der Waals surface area contributed by atoms with Gasteiger partial charge in [0.1, 0.15) is 11.3 Å². The van der Waals surface area contributed by atoms with Crippen LogP contribution in [0.15, 0.2) is 36.4 Å². The number of carboxylic acid groups (broad SMARTS) is 1. The molecule has 0 spiro atoms. The summed E-state index contributed by atoms with van der Waals surface area (Å²) in [5, 5.41) is 26.7. The predicted molar refractivity (Wildman–Crippen MR) is 105 cm³/mol. The average Bonchev–Trinajstić information content (AvgIpc) is 3.11. The number of aliphatic hydroxyl groups is 1. The Hall–Kier alpha value is -2.93. The largest absolute Gasteiger partial charge is 0.493 e. The van der Waals surface area contributed by atoms with E-state index in [0.29, 0.717) is 13.0 Å². The van der Waals surface area contributed by atoms with Gasteiger partial charge in [0.2, 0.25) is 0 Å². The van der Waals surface area contributed by atoms with Crippen molar-refractivity contribution >= 4 is 17.0 Å². The van der Waals surface area contributed by atoms with Crippen molar-refractivity contribution in [3.05, 3.63) is 53.1 Å². The monoisotopic (exact) mass is 383 g/mol. The standard InChI is InChI=1S/C21H25N3O4/c1-15-16(9-11-20(26)27)8-10-18-21(15)22-23-24(18)12-4-5-13-28-19-7-3-2-6-17(19)14-25/h2-3,6-8,10,25H,4-5,9,11-14H2,1H3,(H,26,27). The highest BCUT2D eigenvalue weighted by Gasteiger charge is 2.11. The third-order valence-corrected chi connectivity index (χ3v) is 4.83. The highest BCUT2D eigenvalue weighted by atomic mass is 16.5. The van der Waals surface area contributed by atoms with E-state index in [0.717, 1.165) is 52.9 Å². The molecule has 7 heteroatoms. The van der Waals surface area contributed by atoms with Gasteiger partial charge in [-0.1, -0.05) is 29.5 Å². The molecule has 0 radical (unpaired) electrons. The number of nitrogens with zero attached hydrogens (tertiary/aromatic N) is 3. The van der Waals surface area contributed by atoms with Crippen LogP contribution in [0.4, 0.5) is 0 Å². The minimum atomic E-state index is -0.799. The highest BCUT2D eigenvalue weighted by Crippen LogP contribution is 2.21. The van der Waals surface area contributed by atoms with Crippen LogP contribution in [0.3, 0.4) is 0 Å². The summed E-state index contributed by atoms with van der Waals surface area (Å²) in [6, 6.07) is 11.4. The second kappa shape index (κ2) is 9.32. The molecular weight excluding hydrogens is 358 g/mol. The molecule has 0 saturated heterocycles. The number of hydrogen-bond donors (Lipinski definition) is 2. The number of aliphatic hydroxyl groups excluding tert-OH is 1. The van der Waals surface area contributed by atoms with E-state index < -0.39 is 5.97 Å². The van der Waals surface area contributed by atoms with E-state index in [1.807, 2.05) is 48.0 Å². The molecule has 2 N–H and O–H groups in total. The zero-order valence-corrected chi connectivity index (χ0v) is 16.0. The van der Waals surface area contributed by atoms with Gasteiger partial charge in [-0.25, -0.2) is 4.68 Å². The summed E-state index contributed by atoms with van der Waals surface area (Å²) in [6.07, 6.45) is 2.35. The fourth-order valence-electron chi connectivity index (χ4n) is 3.21. The third-order valence-electron chi connectivity index (χ3n) is 4.83. The lowest BCUT2D eigenvalue weighted by atomic mass is 10.0. The highest BCUT2D eigenvalue weighted by molar-refractivity contribution is 5.79. The minimum absolute atomic E-state index is 0.0328. The quantitative estimate of drug-likeness (QED) is 0.522. The first kappa shape index (κ1) is 19.8. The summed E-state index contributed by atoms with van der Waals surface area (Å²) < 4.78 is 7.64. The molecule has 1 heterocycles. The second-order valence-electron chi connectivity index (χ2n) is 6.75. The fraction of sp³-hybridized carbons (Fsp3) is 0.381. The van der Waals surface area contributed by atoms with Crippen molar-refractivity contribution < 1.29 is 19.7 Å². The molecule has 0 unspecified atom stereocenters. The summed E-state index contributed by atoms with van der Waals surface area (Å²) in [7, 11) is 0. The number of aryl methyl sites for hydroxylation is 3. The number of para-hydroxylation sites is 1. The van der Waals surface area contributed by atoms with Gasteiger partial charge in [0.05, 0.1) is 18.7 Å². The number of carbonyl (C=O) groups is 1. The molecule has 0 saturated carbocycles. The van der Waals surface area contributed by atoms with Gasteiger partial charge in [-0.2, -0.15) is 0 Å². The molecule has 7 nitrogen and oxygen atoms in total. The number of aromatic nitrogens is 3. The van der Waals surface area contributed by atoms with Crippen molar-refractivity contribution in [2.24, 2.45) is 0 Å². The number of benzene rings is 2. The van der Waals surface area contributed by atoms with E-state index in [1.54, 1.807) is 0 Å². The van der Waals surface area contributed by atoms with Crippen LogP contribution in [0.5, 0.6) is 5.75 Å². The molecule has 2 aromatic carbocycles. The molecule has 0 fully saturated rings. The molecular formula is C21H25N3O4. The van der Waals surface area contributed by atoms with Crippen molar-refractivity contribution in [1.29, 1.82) is 0 Å². The van der Waals surface area contributed by atoms with Gasteiger partial charge in [-0.15, -0.1) is 5.10 Å². The van der Waals surface area contributed by atoms with Gasteiger partial charge >= 0.3 is 5.97 Å². The number of rotatable bonds is 10. The lowest BCUT2D eigenvalue weighted by Crippen LogP contribution is -2.05. The van der Waals surface area contributed by atoms with Crippen molar-refractivity contribution in [2.45, 2.75) is 45.8 Å². The van der Waals surface area contributed by atoms with Gasteiger partial charge in [0.25, 0.3) is 0 Å². The summed E-state index contributed by atoms with van der Waals surface area (Å²) in [4.78, 5) is 10.8. The molecule has 0 aliphatic carbocycles. The molecule has 0 bridgehead atoms. The molecule has 148 valence electrons. The zero-order valence-electron chi connectivity index (χ0n) is 16.0. The molecule has 0 amide bonds. The first-order valence-electron chi connectivity index (χ1n) is 9.45. The van der Waals surface area contributed by atoms with Gasteiger partial charge < -0.3 is 14.9 Å². The zero-order chi connectivity index (χ0) is 19.9. The van der Waals surface area contributed by atoms with Crippen LogP contribution < -0.4 is 4.74 Å². The summed E-state index contributed by atoms with van der Waals surface area (Å²) in [5.74, 6) is -0.0762. The summed E-state index contributed by atoms with van der Waals surface area (Å²) >= 11 is 0. The van der Waals surface area contributed by atoms with E-state index in [-0.39, 0.29) is 13.0 Å². The smallest absolute Gasteiger partial charge is 0.303 e. The Kier molecular flexibility index (Phi) is 6.60. The van der Waals surface area contributed by atoms with E-state index in [4.69, 9.17) is 9.84 Å². The minimum Gasteiger partial charge on any atom is -0.493 e. The van der Waals surface area contributed by atoms with Gasteiger partial charge in [-0.05, 0) is 49.4 Å². The Morgan fingerprint density at radius 3 is 2.75 bits per heavy atom. The first-order chi connectivity index (χ1) is 13.6. The second-order valence-corrected chi connectivity index (χ2v) is 6.75. The number of unbranched alkanes of at least 4 members (excludes halogenated alkanes) is 1. The molecule has 0 atom stereocenters. The molecule has 0 aliphatic heterocycles. The van der Waals surface area contributed by atoms with Crippen LogP contribution in [0.2, 0.25) is 0 Å². The maximum atomic E-state index is 10.8. The summed E-state index contributed by atoms with van der Waals surface area (Å²) in [6.45, 7) is 3.23. The Balaban J connectivity index is 1.55. The van der Waals surface area contributed by atoms with Crippen LogP contribution in [-0.4, -0.2) is 37.8 Å². The van der Waals surface area contributed by atoms with Gasteiger partial charge in [-0.3, -0.25) is 4.79 Å². The molecule has 3 rings (SSSR count). The molecule has 0 aliphatic rings. The Labute approximate surface area is 163 Å².